The van der Waals surface area contributed by atoms with Crippen LogP contribution in [0.15, 0.2) is 22.7 Å². The number of nitrogens with one attached hydrogen (secondary N) is 1. The van der Waals surface area contributed by atoms with E-state index in [0.29, 0.717) is 0 Å². The van der Waals surface area contributed by atoms with E-state index in [0.717, 1.165) is 15.7 Å². The van der Waals surface area contributed by atoms with Gasteiger partial charge in [0.25, 0.3) is 0 Å². The second-order valence-electron chi connectivity index (χ2n) is 3.35. The number of hydrogen-bond donors (Lipinski definition) is 1. The molecule has 0 spiro atoms. The molecule has 82 valence electrons. The molecule has 1 rings (SSSR count). The first kappa shape index (κ1) is 12.0. The third-order valence-corrected chi connectivity index (χ3v) is 2.61. The van der Waals surface area contributed by atoms with Gasteiger partial charge in [0.05, 0.1) is 7.11 Å². The van der Waals surface area contributed by atoms with Crippen molar-refractivity contribution in [2.45, 2.75) is 19.9 Å². The minimum absolute atomic E-state index is 0.266. The van der Waals surface area contributed by atoms with E-state index in [1.165, 1.54) is 7.11 Å². The molecule has 1 N–H and O–H groups in total. The number of carbonyl (C=O) groups excluding carboxylic acids is 1. The van der Waals surface area contributed by atoms with Crippen LogP contribution in [0.5, 0.6) is 0 Å². The van der Waals surface area contributed by atoms with E-state index < -0.39 is 0 Å². The van der Waals surface area contributed by atoms with Gasteiger partial charge in [0.2, 0.25) is 0 Å². The standard InChI is InChI=1S/C11H14BrNO2/c1-7-6-9(12)4-5-10(7)13-8(2)11(14)15-3/h4-6,8,13H,1-3H3/t8-/m1/s1. The highest BCUT2D eigenvalue weighted by atomic mass is 79.9. The van der Waals surface area contributed by atoms with Crippen LogP contribution >= 0.6 is 15.9 Å². The Labute approximate surface area is 97.9 Å². The quantitative estimate of drug-likeness (QED) is 0.860. The lowest BCUT2D eigenvalue weighted by Crippen LogP contribution is -2.27. The van der Waals surface area contributed by atoms with Gasteiger partial charge in [0, 0.05) is 10.2 Å². The van der Waals surface area contributed by atoms with Crippen molar-refractivity contribution >= 4 is 27.6 Å². The van der Waals surface area contributed by atoms with Gasteiger partial charge < -0.3 is 10.1 Å². The van der Waals surface area contributed by atoms with Crippen molar-refractivity contribution in [3.63, 3.8) is 0 Å². The van der Waals surface area contributed by atoms with E-state index in [2.05, 4.69) is 26.0 Å². The molecule has 0 amide bonds. The van der Waals surface area contributed by atoms with Crippen molar-refractivity contribution in [1.82, 2.24) is 0 Å². The van der Waals surface area contributed by atoms with Gasteiger partial charge in [0.15, 0.2) is 0 Å². The molecule has 1 atom stereocenters. The number of anilines is 1. The number of aryl methyl sites for hydroxylation is 1. The lowest BCUT2D eigenvalue weighted by Gasteiger charge is -2.14. The van der Waals surface area contributed by atoms with Gasteiger partial charge in [-0.15, -0.1) is 0 Å². The van der Waals surface area contributed by atoms with Crippen molar-refractivity contribution in [2.75, 3.05) is 12.4 Å². The average Bonchev–Trinajstić information content (AvgIpc) is 2.20. The highest BCUT2D eigenvalue weighted by Crippen LogP contribution is 2.20. The molecule has 0 aliphatic carbocycles. The van der Waals surface area contributed by atoms with Crippen molar-refractivity contribution in [2.24, 2.45) is 0 Å². The molecular weight excluding hydrogens is 258 g/mol. The predicted molar refractivity (Wildman–Crippen MR) is 64.0 cm³/mol. The highest BCUT2D eigenvalue weighted by molar-refractivity contribution is 9.10. The van der Waals surface area contributed by atoms with Crippen molar-refractivity contribution in [3.8, 4) is 0 Å². The molecule has 0 heterocycles. The number of halogens is 1. The Morgan fingerprint density at radius 1 is 1.53 bits per heavy atom. The zero-order valence-corrected chi connectivity index (χ0v) is 10.6. The summed E-state index contributed by atoms with van der Waals surface area (Å²) in [5.74, 6) is -0.266. The first-order valence-corrected chi connectivity index (χ1v) is 5.44. The van der Waals surface area contributed by atoms with Gasteiger partial charge in [-0.1, -0.05) is 15.9 Å². The lowest BCUT2D eigenvalue weighted by atomic mass is 10.2. The number of benzene rings is 1. The number of methoxy groups -OCH3 is 1. The van der Waals surface area contributed by atoms with Gasteiger partial charge in [-0.2, -0.15) is 0 Å². The monoisotopic (exact) mass is 271 g/mol. The summed E-state index contributed by atoms with van der Waals surface area (Å²) in [7, 11) is 1.38. The third-order valence-electron chi connectivity index (χ3n) is 2.12. The van der Waals surface area contributed by atoms with Crippen LogP contribution < -0.4 is 5.32 Å². The molecule has 4 heteroatoms. The Balaban J connectivity index is 2.76. The number of esters is 1. The Hall–Kier alpha value is -1.03. The fourth-order valence-electron chi connectivity index (χ4n) is 1.26. The molecule has 0 aromatic heterocycles. The molecule has 0 unspecified atom stereocenters. The van der Waals surface area contributed by atoms with Crippen LogP contribution in [0.25, 0.3) is 0 Å². The summed E-state index contributed by atoms with van der Waals surface area (Å²) < 4.78 is 5.66. The minimum Gasteiger partial charge on any atom is -0.467 e. The van der Waals surface area contributed by atoms with Gasteiger partial charge >= 0.3 is 5.97 Å². The van der Waals surface area contributed by atoms with Gasteiger partial charge in [0.1, 0.15) is 6.04 Å². The Morgan fingerprint density at radius 3 is 2.73 bits per heavy atom. The van der Waals surface area contributed by atoms with Crippen LogP contribution in [-0.4, -0.2) is 19.1 Å². The van der Waals surface area contributed by atoms with E-state index in [9.17, 15) is 4.79 Å². The summed E-state index contributed by atoms with van der Waals surface area (Å²) >= 11 is 3.39. The molecule has 0 fully saturated rings. The van der Waals surface area contributed by atoms with Gasteiger partial charge in [-0.25, -0.2) is 4.79 Å². The number of ether oxygens (including phenoxy) is 1. The van der Waals surface area contributed by atoms with Gasteiger partial charge in [-0.05, 0) is 37.6 Å². The second-order valence-corrected chi connectivity index (χ2v) is 4.26. The first-order valence-electron chi connectivity index (χ1n) is 4.65. The SMILES string of the molecule is COC(=O)[C@@H](C)Nc1ccc(Br)cc1C. The van der Waals surface area contributed by atoms with E-state index in [1.54, 1.807) is 6.92 Å². The molecule has 0 saturated heterocycles. The molecule has 1 aromatic carbocycles. The number of rotatable bonds is 3. The summed E-state index contributed by atoms with van der Waals surface area (Å²) in [6, 6.07) is 5.51. The second kappa shape index (κ2) is 5.16. The minimum atomic E-state index is -0.338. The Kier molecular flexibility index (Phi) is 4.15. The lowest BCUT2D eigenvalue weighted by molar-refractivity contribution is -0.141. The summed E-state index contributed by atoms with van der Waals surface area (Å²) in [6.45, 7) is 3.75. The normalized spacial score (nSPS) is 12.0. The first-order chi connectivity index (χ1) is 7.04. The maximum Gasteiger partial charge on any atom is 0.327 e. The fraction of sp³-hybridized carbons (Fsp3) is 0.364. The zero-order chi connectivity index (χ0) is 11.4. The molecule has 0 bridgehead atoms. The number of hydrogen-bond acceptors (Lipinski definition) is 3. The third kappa shape index (κ3) is 3.23. The predicted octanol–water partition coefficient (Wildman–Crippen LogP) is 2.73. The largest absolute Gasteiger partial charge is 0.467 e. The van der Waals surface area contributed by atoms with Crippen molar-refractivity contribution < 1.29 is 9.53 Å². The van der Waals surface area contributed by atoms with Crippen LogP contribution in [-0.2, 0) is 9.53 Å². The zero-order valence-electron chi connectivity index (χ0n) is 9.00. The molecule has 0 aliphatic rings. The topological polar surface area (TPSA) is 38.3 Å². The smallest absolute Gasteiger partial charge is 0.327 e. The highest BCUT2D eigenvalue weighted by Gasteiger charge is 2.13. The molecule has 15 heavy (non-hydrogen) atoms. The van der Waals surface area contributed by atoms with E-state index in [-0.39, 0.29) is 12.0 Å². The van der Waals surface area contributed by atoms with Crippen LogP contribution in [0.4, 0.5) is 5.69 Å². The molecule has 0 radical (unpaired) electrons. The summed E-state index contributed by atoms with van der Waals surface area (Å²) in [5, 5.41) is 3.09. The molecular formula is C11H14BrNO2. The fourth-order valence-corrected chi connectivity index (χ4v) is 1.73. The van der Waals surface area contributed by atoms with E-state index >= 15 is 0 Å². The molecule has 0 aliphatic heterocycles. The van der Waals surface area contributed by atoms with E-state index in [4.69, 9.17) is 0 Å². The van der Waals surface area contributed by atoms with Crippen LogP contribution in [0.1, 0.15) is 12.5 Å². The van der Waals surface area contributed by atoms with Gasteiger partial charge in [-0.3, -0.25) is 0 Å². The number of carbonyl (C=O) groups is 1. The Bertz CT molecular complexity index is 366. The summed E-state index contributed by atoms with van der Waals surface area (Å²) in [5.41, 5.74) is 2.02. The average molecular weight is 272 g/mol. The molecule has 3 nitrogen and oxygen atoms in total. The Morgan fingerprint density at radius 2 is 2.20 bits per heavy atom. The maximum absolute atomic E-state index is 11.2. The van der Waals surface area contributed by atoms with Crippen LogP contribution in [0.2, 0.25) is 0 Å². The van der Waals surface area contributed by atoms with Crippen molar-refractivity contribution in [3.05, 3.63) is 28.2 Å². The summed E-state index contributed by atoms with van der Waals surface area (Å²) in [6.07, 6.45) is 0. The summed E-state index contributed by atoms with van der Waals surface area (Å²) in [4.78, 5) is 11.2. The van der Waals surface area contributed by atoms with Crippen LogP contribution in [0.3, 0.4) is 0 Å². The maximum atomic E-state index is 11.2. The van der Waals surface area contributed by atoms with Crippen molar-refractivity contribution in [1.29, 1.82) is 0 Å². The molecule has 0 saturated carbocycles. The van der Waals surface area contributed by atoms with Crippen LogP contribution in [0, 0.1) is 6.92 Å². The molecule has 1 aromatic rings. The van der Waals surface area contributed by atoms with E-state index in [1.807, 2.05) is 25.1 Å².